The second kappa shape index (κ2) is 10.2. The van der Waals surface area contributed by atoms with Crippen LogP contribution in [0.25, 0.3) is 10.9 Å². The molecule has 0 spiro atoms. The van der Waals surface area contributed by atoms with Gasteiger partial charge in [0.15, 0.2) is 0 Å². The standard InChI is InChI=1S/C25H29N3O5/c1-25(2,28(3)24(31)33-16-17-10-6-5-7-11-17)23(30)27-21(22(29)32-4)14-18-15-26-20-13-9-8-12-19(18)20/h5-13,15,21,26H,14,16H2,1-4H3,(H,27,30)/t21-/m1/s1. The number of para-hydroxylation sites is 1. The third-order valence-electron chi connectivity index (χ3n) is 5.76. The predicted octanol–water partition coefficient (Wildman–Crippen LogP) is 3.42. The smallest absolute Gasteiger partial charge is 0.410 e. The second-order valence-electron chi connectivity index (χ2n) is 8.27. The van der Waals surface area contributed by atoms with E-state index in [1.54, 1.807) is 13.8 Å². The summed E-state index contributed by atoms with van der Waals surface area (Å²) in [5.74, 6) is -1.07. The fourth-order valence-corrected chi connectivity index (χ4v) is 3.39. The van der Waals surface area contributed by atoms with Gasteiger partial charge in [-0.1, -0.05) is 48.5 Å². The summed E-state index contributed by atoms with van der Waals surface area (Å²) in [5, 5.41) is 3.70. The number of ether oxygens (including phenoxy) is 2. The topological polar surface area (TPSA) is 101 Å². The largest absolute Gasteiger partial charge is 0.467 e. The predicted molar refractivity (Wildman–Crippen MR) is 124 cm³/mol. The second-order valence-corrected chi connectivity index (χ2v) is 8.27. The Labute approximate surface area is 192 Å². The van der Waals surface area contributed by atoms with Crippen LogP contribution < -0.4 is 5.32 Å². The molecule has 0 fully saturated rings. The van der Waals surface area contributed by atoms with Gasteiger partial charge in [0, 0.05) is 30.6 Å². The molecular weight excluding hydrogens is 422 g/mol. The van der Waals surface area contributed by atoms with Crippen molar-refractivity contribution in [1.29, 1.82) is 0 Å². The summed E-state index contributed by atoms with van der Waals surface area (Å²) < 4.78 is 10.3. The number of hydrogen-bond acceptors (Lipinski definition) is 5. The van der Waals surface area contributed by atoms with Gasteiger partial charge in [-0.15, -0.1) is 0 Å². The van der Waals surface area contributed by atoms with Crippen LogP contribution in [0.5, 0.6) is 0 Å². The molecule has 0 aliphatic rings. The van der Waals surface area contributed by atoms with E-state index in [0.717, 1.165) is 22.0 Å². The third-order valence-corrected chi connectivity index (χ3v) is 5.76. The van der Waals surface area contributed by atoms with Crippen LogP contribution in [0, 0.1) is 0 Å². The van der Waals surface area contributed by atoms with Gasteiger partial charge in [-0.2, -0.15) is 0 Å². The number of amides is 2. The molecule has 1 aromatic heterocycles. The first-order valence-corrected chi connectivity index (χ1v) is 10.6. The van der Waals surface area contributed by atoms with Crippen LogP contribution in [0.2, 0.25) is 0 Å². The van der Waals surface area contributed by atoms with E-state index in [1.165, 1.54) is 19.1 Å². The Morgan fingerprint density at radius 2 is 1.73 bits per heavy atom. The molecule has 0 saturated carbocycles. The van der Waals surface area contributed by atoms with E-state index in [4.69, 9.17) is 9.47 Å². The van der Waals surface area contributed by atoms with Crippen molar-refractivity contribution in [2.45, 2.75) is 38.5 Å². The number of esters is 1. The van der Waals surface area contributed by atoms with Crippen molar-refractivity contribution >= 4 is 28.9 Å². The van der Waals surface area contributed by atoms with Gasteiger partial charge >= 0.3 is 12.1 Å². The normalized spacial score (nSPS) is 12.1. The summed E-state index contributed by atoms with van der Waals surface area (Å²) >= 11 is 0. The average molecular weight is 452 g/mol. The van der Waals surface area contributed by atoms with Gasteiger partial charge in [0.1, 0.15) is 18.2 Å². The SMILES string of the molecule is COC(=O)[C@@H](Cc1c[nH]c2ccccc12)NC(=O)C(C)(C)N(C)C(=O)OCc1ccccc1. The highest BCUT2D eigenvalue weighted by molar-refractivity contribution is 5.93. The third kappa shape index (κ3) is 5.52. The Kier molecular flexibility index (Phi) is 7.37. The Hall–Kier alpha value is -3.81. The summed E-state index contributed by atoms with van der Waals surface area (Å²) in [5.41, 5.74) is 1.37. The number of aromatic nitrogens is 1. The molecule has 1 atom stereocenters. The lowest BCUT2D eigenvalue weighted by Gasteiger charge is -2.34. The summed E-state index contributed by atoms with van der Waals surface area (Å²) in [6.07, 6.45) is 1.40. The molecule has 2 amide bonds. The van der Waals surface area contributed by atoms with Crippen LogP contribution in [-0.2, 0) is 32.1 Å². The summed E-state index contributed by atoms with van der Waals surface area (Å²) in [6.45, 7) is 3.27. The van der Waals surface area contributed by atoms with E-state index >= 15 is 0 Å². The Balaban J connectivity index is 1.69. The first-order chi connectivity index (χ1) is 15.7. The molecule has 1 heterocycles. The lowest BCUT2D eigenvalue weighted by molar-refractivity contribution is -0.146. The molecule has 3 aromatic rings. The van der Waals surface area contributed by atoms with Crippen molar-refractivity contribution < 1.29 is 23.9 Å². The number of methoxy groups -OCH3 is 1. The van der Waals surface area contributed by atoms with Crippen molar-refractivity contribution in [3.8, 4) is 0 Å². The van der Waals surface area contributed by atoms with Crippen molar-refractivity contribution in [1.82, 2.24) is 15.2 Å². The van der Waals surface area contributed by atoms with Gasteiger partial charge in [0.05, 0.1) is 7.11 Å². The van der Waals surface area contributed by atoms with E-state index in [-0.39, 0.29) is 13.0 Å². The molecule has 0 aliphatic carbocycles. The van der Waals surface area contributed by atoms with Crippen molar-refractivity contribution in [3.63, 3.8) is 0 Å². The van der Waals surface area contributed by atoms with Gasteiger partial charge < -0.3 is 19.8 Å². The number of likely N-dealkylation sites (N-methyl/N-ethyl adjacent to an activating group) is 1. The Bertz CT molecular complexity index is 1120. The van der Waals surface area contributed by atoms with Gasteiger partial charge in [-0.25, -0.2) is 9.59 Å². The number of carbonyl (C=O) groups excluding carboxylic acids is 3. The minimum absolute atomic E-state index is 0.0903. The van der Waals surface area contributed by atoms with Gasteiger partial charge in [0.2, 0.25) is 5.91 Å². The molecule has 3 rings (SSSR count). The maximum atomic E-state index is 13.1. The highest BCUT2D eigenvalue weighted by Crippen LogP contribution is 2.20. The number of aromatic amines is 1. The van der Waals surface area contributed by atoms with Gasteiger partial charge in [0.25, 0.3) is 0 Å². The molecule has 0 unspecified atom stereocenters. The summed E-state index contributed by atoms with van der Waals surface area (Å²) in [4.78, 5) is 42.5. The number of H-pyrrole nitrogens is 1. The van der Waals surface area contributed by atoms with Crippen LogP contribution in [0.1, 0.15) is 25.0 Å². The van der Waals surface area contributed by atoms with Crippen molar-refractivity contribution in [2.24, 2.45) is 0 Å². The fraction of sp³-hybridized carbons (Fsp3) is 0.320. The zero-order valence-electron chi connectivity index (χ0n) is 19.3. The number of nitrogens with zero attached hydrogens (tertiary/aromatic N) is 1. The summed E-state index contributed by atoms with van der Waals surface area (Å²) in [7, 11) is 2.76. The number of carbonyl (C=O) groups is 3. The highest BCUT2D eigenvalue weighted by atomic mass is 16.6. The number of rotatable bonds is 8. The first-order valence-electron chi connectivity index (χ1n) is 10.6. The minimum atomic E-state index is -1.28. The molecule has 33 heavy (non-hydrogen) atoms. The molecular formula is C25H29N3O5. The molecule has 2 aromatic carbocycles. The zero-order chi connectivity index (χ0) is 24.0. The van der Waals surface area contributed by atoms with E-state index in [9.17, 15) is 14.4 Å². The monoisotopic (exact) mass is 451 g/mol. The van der Waals surface area contributed by atoms with Crippen molar-refractivity contribution in [2.75, 3.05) is 14.2 Å². The van der Waals surface area contributed by atoms with Crippen LogP contribution in [0.4, 0.5) is 4.79 Å². The van der Waals surface area contributed by atoms with Gasteiger partial charge in [-0.3, -0.25) is 9.69 Å². The first kappa shape index (κ1) is 23.8. The van der Waals surface area contributed by atoms with Gasteiger partial charge in [-0.05, 0) is 31.0 Å². The van der Waals surface area contributed by atoms with Crippen LogP contribution >= 0.6 is 0 Å². The molecule has 0 aliphatic heterocycles. The molecule has 0 radical (unpaired) electrons. The summed E-state index contributed by atoms with van der Waals surface area (Å²) in [6, 6.07) is 16.0. The molecule has 174 valence electrons. The van der Waals surface area contributed by atoms with Crippen LogP contribution in [-0.4, -0.2) is 53.6 Å². The Morgan fingerprint density at radius 3 is 2.42 bits per heavy atom. The van der Waals surface area contributed by atoms with Crippen LogP contribution in [0.3, 0.4) is 0 Å². The van der Waals surface area contributed by atoms with E-state index < -0.39 is 29.6 Å². The molecule has 8 heteroatoms. The van der Waals surface area contributed by atoms with E-state index in [2.05, 4.69) is 10.3 Å². The average Bonchev–Trinajstić information content (AvgIpc) is 3.24. The minimum Gasteiger partial charge on any atom is -0.467 e. The quantitative estimate of drug-likeness (QED) is 0.511. The van der Waals surface area contributed by atoms with E-state index in [0.29, 0.717) is 0 Å². The fourth-order valence-electron chi connectivity index (χ4n) is 3.39. The highest BCUT2D eigenvalue weighted by Gasteiger charge is 2.38. The number of hydrogen-bond donors (Lipinski definition) is 2. The number of nitrogens with one attached hydrogen (secondary N) is 2. The molecule has 0 saturated heterocycles. The molecule has 2 N–H and O–H groups in total. The molecule has 8 nitrogen and oxygen atoms in total. The Morgan fingerprint density at radius 1 is 1.06 bits per heavy atom. The lowest BCUT2D eigenvalue weighted by atomic mass is 10.00. The van der Waals surface area contributed by atoms with E-state index in [1.807, 2.05) is 60.8 Å². The maximum Gasteiger partial charge on any atom is 0.410 e. The molecule has 0 bridgehead atoms. The maximum absolute atomic E-state index is 13.1. The number of fused-ring (bicyclic) bond motifs is 1. The zero-order valence-corrected chi connectivity index (χ0v) is 19.3. The number of benzene rings is 2. The van der Waals surface area contributed by atoms with Crippen molar-refractivity contribution in [3.05, 3.63) is 71.9 Å². The lowest BCUT2D eigenvalue weighted by Crippen LogP contribution is -2.58. The van der Waals surface area contributed by atoms with Crippen LogP contribution in [0.15, 0.2) is 60.8 Å².